The number of benzene rings is 1. The molecule has 0 atom stereocenters. The topological polar surface area (TPSA) is 64.7 Å². The molecule has 7 heteroatoms. The van der Waals surface area contributed by atoms with E-state index < -0.39 is 0 Å². The summed E-state index contributed by atoms with van der Waals surface area (Å²) >= 11 is 6.06. The second kappa shape index (κ2) is 9.83. The van der Waals surface area contributed by atoms with E-state index in [9.17, 15) is 9.59 Å². The summed E-state index contributed by atoms with van der Waals surface area (Å²) in [5.41, 5.74) is 1.09. The number of piperazine rings is 1. The molecule has 0 unspecified atom stereocenters. The number of carbonyl (C=O) groups is 2. The minimum Gasteiger partial charge on any atom is -0.368 e. The Hall–Kier alpha value is -1.95. The number of halogens is 1. The first kappa shape index (κ1) is 19.8. The first-order valence-corrected chi connectivity index (χ1v) is 10.3. The van der Waals surface area contributed by atoms with Crippen LogP contribution >= 0.6 is 11.6 Å². The van der Waals surface area contributed by atoms with E-state index in [0.717, 1.165) is 36.6 Å². The number of hydrogen-bond acceptors (Lipinski definition) is 3. The molecular weight excluding hydrogens is 364 g/mol. The van der Waals surface area contributed by atoms with E-state index in [1.54, 1.807) is 0 Å². The Morgan fingerprint density at radius 3 is 2.52 bits per heavy atom. The third-order valence-corrected chi connectivity index (χ3v) is 5.61. The van der Waals surface area contributed by atoms with Gasteiger partial charge in [-0.15, -0.1) is 0 Å². The van der Waals surface area contributed by atoms with E-state index in [0.29, 0.717) is 26.1 Å². The van der Waals surface area contributed by atoms with Gasteiger partial charge in [-0.25, -0.2) is 4.79 Å². The van der Waals surface area contributed by atoms with Crippen LogP contribution in [0.5, 0.6) is 0 Å². The van der Waals surface area contributed by atoms with Crippen molar-refractivity contribution in [1.29, 1.82) is 0 Å². The molecule has 1 saturated carbocycles. The van der Waals surface area contributed by atoms with Crippen molar-refractivity contribution in [3.05, 3.63) is 29.3 Å². The minimum absolute atomic E-state index is 0.0960. The first-order chi connectivity index (χ1) is 13.1. The largest absolute Gasteiger partial charge is 0.368 e. The lowest BCUT2D eigenvalue weighted by atomic mass is 9.96. The molecule has 1 aliphatic carbocycles. The number of nitrogens with one attached hydrogen (secondary N) is 2. The van der Waals surface area contributed by atoms with Crippen molar-refractivity contribution in [2.45, 2.75) is 44.6 Å². The second-order valence-corrected chi connectivity index (χ2v) is 7.77. The van der Waals surface area contributed by atoms with Gasteiger partial charge in [0, 0.05) is 55.9 Å². The van der Waals surface area contributed by atoms with E-state index in [1.807, 2.05) is 29.2 Å². The molecule has 1 aromatic carbocycles. The summed E-state index contributed by atoms with van der Waals surface area (Å²) in [6.45, 7) is 3.36. The Kier molecular flexibility index (Phi) is 7.21. The SMILES string of the molecule is O=C(NCCC(=O)N1CCN(c2cccc(Cl)c2)CC1)NC1CCCCC1. The predicted molar refractivity (Wildman–Crippen MR) is 108 cm³/mol. The number of anilines is 1. The molecule has 27 heavy (non-hydrogen) atoms. The zero-order chi connectivity index (χ0) is 19.1. The van der Waals surface area contributed by atoms with Gasteiger partial charge in [-0.1, -0.05) is 36.9 Å². The van der Waals surface area contributed by atoms with Crippen molar-refractivity contribution < 1.29 is 9.59 Å². The monoisotopic (exact) mass is 392 g/mol. The zero-order valence-corrected chi connectivity index (χ0v) is 16.5. The summed E-state index contributed by atoms with van der Waals surface area (Å²) in [4.78, 5) is 28.4. The molecule has 2 aliphatic rings. The van der Waals surface area contributed by atoms with Gasteiger partial charge >= 0.3 is 6.03 Å². The molecule has 2 N–H and O–H groups in total. The van der Waals surface area contributed by atoms with Crippen molar-refractivity contribution in [2.24, 2.45) is 0 Å². The summed E-state index contributed by atoms with van der Waals surface area (Å²) in [5.74, 6) is 0.0960. The number of nitrogens with zero attached hydrogens (tertiary/aromatic N) is 2. The van der Waals surface area contributed by atoms with Crippen LogP contribution in [0, 0.1) is 0 Å². The fourth-order valence-corrected chi connectivity index (χ4v) is 4.00. The molecule has 1 heterocycles. The molecule has 148 valence electrons. The van der Waals surface area contributed by atoms with Crippen LogP contribution in [-0.2, 0) is 4.79 Å². The molecule has 1 aliphatic heterocycles. The Morgan fingerprint density at radius 1 is 1.07 bits per heavy atom. The Labute approximate surface area is 166 Å². The lowest BCUT2D eigenvalue weighted by Crippen LogP contribution is -2.49. The lowest BCUT2D eigenvalue weighted by molar-refractivity contribution is -0.131. The van der Waals surface area contributed by atoms with Crippen LogP contribution in [0.4, 0.5) is 10.5 Å². The van der Waals surface area contributed by atoms with Gasteiger partial charge in [0.05, 0.1) is 0 Å². The number of hydrogen-bond donors (Lipinski definition) is 2. The highest BCUT2D eigenvalue weighted by Crippen LogP contribution is 2.21. The number of amides is 3. The van der Waals surface area contributed by atoms with Gasteiger partial charge in [0.1, 0.15) is 0 Å². The molecule has 0 aromatic heterocycles. The normalized spacial score (nSPS) is 18.3. The van der Waals surface area contributed by atoms with E-state index >= 15 is 0 Å². The fraction of sp³-hybridized carbons (Fsp3) is 0.600. The van der Waals surface area contributed by atoms with Gasteiger partial charge in [-0.05, 0) is 31.0 Å². The van der Waals surface area contributed by atoms with Crippen LogP contribution in [0.2, 0.25) is 5.02 Å². The summed E-state index contributed by atoms with van der Waals surface area (Å²) in [5, 5.41) is 6.55. The summed E-state index contributed by atoms with van der Waals surface area (Å²) in [6, 6.07) is 7.93. The van der Waals surface area contributed by atoms with E-state index in [1.165, 1.54) is 19.3 Å². The van der Waals surface area contributed by atoms with Gasteiger partial charge in [0.15, 0.2) is 0 Å². The maximum Gasteiger partial charge on any atom is 0.315 e. The van der Waals surface area contributed by atoms with Crippen LogP contribution in [0.25, 0.3) is 0 Å². The number of carbonyl (C=O) groups excluding carboxylic acids is 2. The molecule has 0 radical (unpaired) electrons. The highest BCUT2D eigenvalue weighted by atomic mass is 35.5. The molecular formula is C20H29ClN4O2. The highest BCUT2D eigenvalue weighted by Gasteiger charge is 2.21. The Bertz CT molecular complexity index is 641. The zero-order valence-electron chi connectivity index (χ0n) is 15.8. The van der Waals surface area contributed by atoms with Crippen LogP contribution in [0.3, 0.4) is 0 Å². The lowest BCUT2D eigenvalue weighted by Gasteiger charge is -2.36. The molecule has 1 saturated heterocycles. The average molecular weight is 393 g/mol. The average Bonchev–Trinajstić information content (AvgIpc) is 2.69. The van der Waals surface area contributed by atoms with Crippen molar-refractivity contribution in [1.82, 2.24) is 15.5 Å². The van der Waals surface area contributed by atoms with Crippen LogP contribution < -0.4 is 15.5 Å². The van der Waals surface area contributed by atoms with Gasteiger partial charge < -0.3 is 20.4 Å². The van der Waals surface area contributed by atoms with E-state index in [-0.39, 0.29) is 18.0 Å². The fourth-order valence-electron chi connectivity index (χ4n) is 3.81. The third-order valence-electron chi connectivity index (χ3n) is 5.37. The smallest absolute Gasteiger partial charge is 0.315 e. The van der Waals surface area contributed by atoms with E-state index in [4.69, 9.17) is 11.6 Å². The van der Waals surface area contributed by atoms with Crippen molar-refractivity contribution in [3.63, 3.8) is 0 Å². The van der Waals surface area contributed by atoms with Crippen molar-refractivity contribution in [2.75, 3.05) is 37.6 Å². The molecule has 3 amide bonds. The van der Waals surface area contributed by atoms with Crippen LogP contribution in [0.1, 0.15) is 38.5 Å². The predicted octanol–water partition coefficient (Wildman–Crippen LogP) is 3.01. The summed E-state index contributed by atoms with van der Waals surface area (Å²) < 4.78 is 0. The van der Waals surface area contributed by atoms with E-state index in [2.05, 4.69) is 15.5 Å². The van der Waals surface area contributed by atoms with Crippen LogP contribution in [-0.4, -0.2) is 55.6 Å². The Morgan fingerprint density at radius 2 is 1.81 bits per heavy atom. The molecule has 3 rings (SSSR count). The molecule has 1 aromatic rings. The van der Waals surface area contributed by atoms with Crippen molar-refractivity contribution >= 4 is 29.2 Å². The molecule has 0 spiro atoms. The highest BCUT2D eigenvalue weighted by molar-refractivity contribution is 6.30. The summed E-state index contributed by atoms with van der Waals surface area (Å²) in [7, 11) is 0. The standard InChI is InChI=1S/C20H29ClN4O2/c21-16-5-4-8-18(15-16)24-11-13-25(14-12-24)19(26)9-10-22-20(27)23-17-6-2-1-3-7-17/h4-5,8,15,17H,1-3,6-7,9-14H2,(H2,22,23,27). The quantitative estimate of drug-likeness (QED) is 0.809. The van der Waals surface area contributed by atoms with Crippen molar-refractivity contribution in [3.8, 4) is 0 Å². The maximum atomic E-state index is 12.4. The van der Waals surface area contributed by atoms with Gasteiger partial charge in [-0.3, -0.25) is 4.79 Å². The summed E-state index contributed by atoms with van der Waals surface area (Å²) in [6.07, 6.45) is 6.09. The van der Waals surface area contributed by atoms with Crippen LogP contribution in [0.15, 0.2) is 24.3 Å². The first-order valence-electron chi connectivity index (χ1n) is 9.94. The second-order valence-electron chi connectivity index (χ2n) is 7.33. The van der Waals surface area contributed by atoms with Gasteiger partial charge in [-0.2, -0.15) is 0 Å². The molecule has 2 fully saturated rings. The number of rotatable bonds is 5. The third kappa shape index (κ3) is 6.03. The Balaban J connectivity index is 1.34. The molecule has 6 nitrogen and oxygen atoms in total. The van der Waals surface area contributed by atoms with Gasteiger partial charge in [0.25, 0.3) is 0 Å². The minimum atomic E-state index is -0.152. The maximum absolute atomic E-state index is 12.4. The molecule has 0 bridgehead atoms. The number of urea groups is 1. The van der Waals surface area contributed by atoms with Gasteiger partial charge in [0.2, 0.25) is 5.91 Å².